The molecule has 1 saturated heterocycles. The molecule has 2 aliphatic rings. The first-order valence-electron chi connectivity index (χ1n) is 11.4. The van der Waals surface area contributed by atoms with Gasteiger partial charge in [-0.15, -0.1) is 0 Å². The Bertz CT molecular complexity index is 567. The van der Waals surface area contributed by atoms with E-state index in [0.717, 1.165) is 32.1 Å². The number of amides is 2. The topological polar surface area (TPSA) is 104 Å². The van der Waals surface area contributed by atoms with E-state index in [2.05, 4.69) is 10.6 Å². The SMILES string of the molecule is COC(C)OCOC(CC[C@H]1CCNC(=O)O1)C1CCCCC1NC(=O)OC(C)(C)C. The molecule has 1 aliphatic carbocycles. The zero-order valence-electron chi connectivity index (χ0n) is 19.6. The molecule has 5 atom stereocenters. The van der Waals surface area contributed by atoms with Crippen molar-refractivity contribution in [1.82, 2.24) is 10.6 Å². The molecule has 0 aromatic carbocycles. The summed E-state index contributed by atoms with van der Waals surface area (Å²) < 4.78 is 27.7. The average Bonchev–Trinajstić information content (AvgIpc) is 2.69. The van der Waals surface area contributed by atoms with E-state index in [-0.39, 0.29) is 43.3 Å². The lowest BCUT2D eigenvalue weighted by molar-refractivity contribution is -0.198. The third-order valence-corrected chi connectivity index (χ3v) is 5.70. The predicted molar refractivity (Wildman–Crippen MR) is 115 cm³/mol. The van der Waals surface area contributed by atoms with E-state index in [9.17, 15) is 9.59 Å². The Morgan fingerprint density at radius 2 is 1.97 bits per heavy atom. The summed E-state index contributed by atoms with van der Waals surface area (Å²) in [5.41, 5.74) is -0.548. The number of methoxy groups -OCH3 is 1. The molecule has 0 bridgehead atoms. The lowest BCUT2D eigenvalue weighted by atomic mass is 9.79. The lowest BCUT2D eigenvalue weighted by Gasteiger charge is -2.38. The molecule has 0 radical (unpaired) electrons. The molecule has 1 heterocycles. The first-order valence-corrected chi connectivity index (χ1v) is 11.4. The highest BCUT2D eigenvalue weighted by molar-refractivity contribution is 5.68. The normalized spacial score (nSPS) is 26.4. The highest BCUT2D eigenvalue weighted by atomic mass is 16.7. The van der Waals surface area contributed by atoms with Gasteiger partial charge in [-0.2, -0.15) is 0 Å². The quantitative estimate of drug-likeness (QED) is 0.495. The Morgan fingerprint density at radius 3 is 2.65 bits per heavy atom. The van der Waals surface area contributed by atoms with Crippen molar-refractivity contribution in [1.29, 1.82) is 0 Å². The van der Waals surface area contributed by atoms with E-state index < -0.39 is 11.7 Å². The van der Waals surface area contributed by atoms with Gasteiger partial charge in [-0.25, -0.2) is 9.59 Å². The van der Waals surface area contributed by atoms with Crippen LogP contribution in [-0.2, 0) is 23.7 Å². The zero-order chi connectivity index (χ0) is 22.9. The van der Waals surface area contributed by atoms with Crippen LogP contribution in [0.15, 0.2) is 0 Å². The minimum absolute atomic E-state index is 0.0379. The number of ether oxygens (including phenoxy) is 5. The van der Waals surface area contributed by atoms with E-state index >= 15 is 0 Å². The van der Waals surface area contributed by atoms with Gasteiger partial charge in [0.05, 0.1) is 6.10 Å². The maximum atomic E-state index is 12.4. The summed E-state index contributed by atoms with van der Waals surface area (Å²) in [4.78, 5) is 23.9. The maximum absolute atomic E-state index is 12.4. The van der Waals surface area contributed by atoms with Crippen molar-refractivity contribution in [3.63, 3.8) is 0 Å². The number of rotatable bonds is 10. The Kier molecular flexibility index (Phi) is 10.3. The zero-order valence-corrected chi connectivity index (χ0v) is 19.6. The molecule has 9 heteroatoms. The summed E-state index contributed by atoms with van der Waals surface area (Å²) in [6, 6.07) is -0.0379. The second-order valence-electron chi connectivity index (χ2n) is 9.31. The van der Waals surface area contributed by atoms with Gasteiger partial charge in [-0.1, -0.05) is 12.8 Å². The fourth-order valence-corrected chi connectivity index (χ4v) is 4.09. The molecule has 31 heavy (non-hydrogen) atoms. The summed E-state index contributed by atoms with van der Waals surface area (Å²) in [7, 11) is 1.58. The lowest BCUT2D eigenvalue weighted by Crippen LogP contribution is -2.49. The molecule has 1 saturated carbocycles. The van der Waals surface area contributed by atoms with Crippen molar-refractivity contribution in [2.24, 2.45) is 5.92 Å². The number of carbonyl (C=O) groups is 2. The van der Waals surface area contributed by atoms with Crippen LogP contribution in [0.5, 0.6) is 0 Å². The van der Waals surface area contributed by atoms with Crippen LogP contribution in [0, 0.1) is 5.92 Å². The second-order valence-corrected chi connectivity index (χ2v) is 9.31. The summed E-state index contributed by atoms with van der Waals surface area (Å²) in [6.45, 7) is 8.08. The smallest absolute Gasteiger partial charge is 0.407 e. The molecule has 1 aliphatic heterocycles. The predicted octanol–water partition coefficient (Wildman–Crippen LogP) is 3.70. The van der Waals surface area contributed by atoms with Gasteiger partial charge in [-0.05, 0) is 53.4 Å². The summed E-state index contributed by atoms with van der Waals surface area (Å²) in [5.74, 6) is 0.125. The van der Waals surface area contributed by atoms with E-state index in [1.54, 1.807) is 14.0 Å². The van der Waals surface area contributed by atoms with Crippen LogP contribution in [0.2, 0.25) is 0 Å². The van der Waals surface area contributed by atoms with Crippen molar-refractivity contribution in [3.8, 4) is 0 Å². The minimum Gasteiger partial charge on any atom is -0.446 e. The molecule has 0 aromatic heterocycles. The Hall–Kier alpha value is -1.58. The Labute approximate surface area is 185 Å². The third kappa shape index (κ3) is 9.62. The van der Waals surface area contributed by atoms with Crippen molar-refractivity contribution >= 4 is 12.2 Å². The molecule has 9 nitrogen and oxygen atoms in total. The molecule has 0 aromatic rings. The Morgan fingerprint density at radius 1 is 1.23 bits per heavy atom. The average molecular weight is 445 g/mol. The number of cyclic esters (lactones) is 1. The monoisotopic (exact) mass is 444 g/mol. The fraction of sp³-hybridized carbons (Fsp3) is 0.909. The van der Waals surface area contributed by atoms with Crippen molar-refractivity contribution in [2.45, 2.75) is 103 Å². The van der Waals surface area contributed by atoms with Crippen LogP contribution >= 0.6 is 0 Å². The summed E-state index contributed by atoms with van der Waals surface area (Å²) in [6.07, 6.45) is 4.73. The molecule has 0 spiro atoms. The van der Waals surface area contributed by atoms with Gasteiger partial charge in [-0.3, -0.25) is 0 Å². The van der Waals surface area contributed by atoms with Gasteiger partial charge in [0, 0.05) is 32.0 Å². The summed E-state index contributed by atoms with van der Waals surface area (Å²) in [5, 5.41) is 5.73. The molecular weight excluding hydrogens is 404 g/mol. The van der Waals surface area contributed by atoms with Gasteiger partial charge in [0.2, 0.25) is 0 Å². The number of alkyl carbamates (subject to hydrolysis) is 2. The van der Waals surface area contributed by atoms with Crippen LogP contribution in [0.3, 0.4) is 0 Å². The summed E-state index contributed by atoms with van der Waals surface area (Å²) >= 11 is 0. The molecule has 2 rings (SSSR count). The van der Waals surface area contributed by atoms with Gasteiger partial charge >= 0.3 is 12.2 Å². The van der Waals surface area contributed by atoms with Crippen molar-refractivity contribution < 1.29 is 33.3 Å². The molecular formula is C22H40N2O7. The number of carbonyl (C=O) groups excluding carboxylic acids is 2. The fourth-order valence-electron chi connectivity index (χ4n) is 4.09. The highest BCUT2D eigenvalue weighted by Gasteiger charge is 2.35. The molecule has 2 amide bonds. The van der Waals surface area contributed by atoms with E-state index in [4.69, 9.17) is 23.7 Å². The molecule has 2 fully saturated rings. The minimum atomic E-state index is -0.548. The first kappa shape index (κ1) is 25.7. The largest absolute Gasteiger partial charge is 0.446 e. The molecule has 4 unspecified atom stereocenters. The number of hydrogen-bond acceptors (Lipinski definition) is 7. The highest BCUT2D eigenvalue weighted by Crippen LogP contribution is 2.32. The Balaban J connectivity index is 2.00. The van der Waals surface area contributed by atoms with Crippen LogP contribution in [0.4, 0.5) is 9.59 Å². The van der Waals surface area contributed by atoms with Crippen LogP contribution in [0.1, 0.15) is 72.6 Å². The van der Waals surface area contributed by atoms with E-state index in [1.165, 1.54) is 0 Å². The number of hydrogen-bond donors (Lipinski definition) is 2. The number of nitrogens with one attached hydrogen (secondary N) is 2. The standard InChI is InChI=1S/C22H40N2O7/c1-15(27-5)28-14-29-19(11-10-16-12-13-23-20(25)30-16)17-8-6-7-9-18(17)24-21(26)31-22(2,3)4/h15-19H,6-14H2,1-5H3,(H,23,25)(H,24,26)/t15?,16-,17?,18?,19?/m0/s1. The van der Waals surface area contributed by atoms with Crippen molar-refractivity contribution in [2.75, 3.05) is 20.4 Å². The second kappa shape index (κ2) is 12.5. The first-order chi connectivity index (χ1) is 14.7. The van der Waals surface area contributed by atoms with Crippen molar-refractivity contribution in [3.05, 3.63) is 0 Å². The third-order valence-electron chi connectivity index (χ3n) is 5.70. The van der Waals surface area contributed by atoms with Crippen LogP contribution in [0.25, 0.3) is 0 Å². The molecule has 180 valence electrons. The van der Waals surface area contributed by atoms with E-state index in [0.29, 0.717) is 19.4 Å². The van der Waals surface area contributed by atoms with E-state index in [1.807, 2.05) is 20.8 Å². The van der Waals surface area contributed by atoms with Gasteiger partial charge in [0.1, 0.15) is 18.5 Å². The maximum Gasteiger partial charge on any atom is 0.407 e. The molecule has 2 N–H and O–H groups in total. The van der Waals surface area contributed by atoms with Gasteiger partial charge in [0.25, 0.3) is 0 Å². The van der Waals surface area contributed by atoms with Gasteiger partial charge < -0.3 is 34.3 Å². The van der Waals surface area contributed by atoms with Gasteiger partial charge in [0.15, 0.2) is 6.29 Å². The van der Waals surface area contributed by atoms with Crippen LogP contribution in [-0.4, -0.2) is 62.8 Å². The van der Waals surface area contributed by atoms with Crippen LogP contribution < -0.4 is 10.6 Å².